The molecule has 3 aromatic rings. The van der Waals surface area contributed by atoms with E-state index in [2.05, 4.69) is 14.4 Å². The number of rotatable bonds is 6. The van der Waals surface area contributed by atoms with Crippen LogP contribution in [0.25, 0.3) is 0 Å². The van der Waals surface area contributed by atoms with Crippen LogP contribution in [0.4, 0.5) is 18.9 Å². The quantitative estimate of drug-likeness (QED) is 0.658. The van der Waals surface area contributed by atoms with Crippen LogP contribution in [0, 0.1) is 0 Å². The molecule has 28 heavy (non-hydrogen) atoms. The van der Waals surface area contributed by atoms with E-state index in [-0.39, 0.29) is 4.90 Å². The molecule has 1 heterocycles. The van der Waals surface area contributed by atoms with E-state index < -0.39 is 22.1 Å². The second kappa shape index (κ2) is 7.89. The minimum absolute atomic E-state index is 0.178. The van der Waals surface area contributed by atoms with Gasteiger partial charge in [0.1, 0.15) is 5.75 Å². The zero-order valence-electron chi connectivity index (χ0n) is 14.3. The molecule has 0 aliphatic heterocycles. The van der Waals surface area contributed by atoms with Crippen LogP contribution in [0.5, 0.6) is 5.75 Å². The Morgan fingerprint density at radius 3 is 2.00 bits per heavy atom. The lowest BCUT2D eigenvalue weighted by molar-refractivity contribution is -0.274. The molecule has 0 aliphatic carbocycles. The van der Waals surface area contributed by atoms with Gasteiger partial charge in [-0.1, -0.05) is 12.1 Å². The Kier molecular flexibility index (Phi) is 5.55. The largest absolute Gasteiger partial charge is 0.573 e. The minimum atomic E-state index is -4.84. The van der Waals surface area contributed by atoms with Crippen molar-refractivity contribution in [1.29, 1.82) is 0 Å². The number of anilines is 1. The summed E-state index contributed by atoms with van der Waals surface area (Å²) in [6.07, 6.45) is -0.765. The fourth-order valence-corrected chi connectivity index (χ4v) is 3.52. The van der Waals surface area contributed by atoms with Crippen molar-refractivity contribution in [2.45, 2.75) is 17.7 Å². The van der Waals surface area contributed by atoms with Crippen LogP contribution in [0.3, 0.4) is 0 Å². The molecule has 0 spiro atoms. The van der Waals surface area contributed by atoms with Gasteiger partial charge in [-0.25, -0.2) is 8.42 Å². The van der Waals surface area contributed by atoms with E-state index in [0.717, 1.165) is 35.4 Å². The van der Waals surface area contributed by atoms with Crippen molar-refractivity contribution in [2.75, 3.05) is 4.72 Å². The van der Waals surface area contributed by atoms with E-state index in [0.29, 0.717) is 12.1 Å². The highest BCUT2D eigenvalue weighted by molar-refractivity contribution is 7.92. The predicted octanol–water partition coefficient (Wildman–Crippen LogP) is 4.37. The molecule has 0 amide bonds. The maximum absolute atomic E-state index is 12.4. The van der Waals surface area contributed by atoms with E-state index in [9.17, 15) is 21.6 Å². The van der Waals surface area contributed by atoms with Gasteiger partial charge in [0, 0.05) is 18.1 Å². The summed E-state index contributed by atoms with van der Waals surface area (Å²) in [6, 6.07) is 14.6. The summed E-state index contributed by atoms with van der Waals surface area (Å²) in [5.41, 5.74) is 2.40. The third-order valence-electron chi connectivity index (χ3n) is 3.73. The van der Waals surface area contributed by atoms with Gasteiger partial charge in [-0.3, -0.25) is 9.71 Å². The number of aromatic nitrogens is 1. The second-order valence-corrected chi connectivity index (χ2v) is 7.54. The lowest BCUT2D eigenvalue weighted by Crippen LogP contribution is -2.17. The lowest BCUT2D eigenvalue weighted by atomic mass is 10.1. The normalized spacial score (nSPS) is 11.8. The van der Waals surface area contributed by atoms with Gasteiger partial charge in [0.15, 0.2) is 0 Å². The molecule has 0 unspecified atom stereocenters. The average molecular weight is 408 g/mol. The van der Waals surface area contributed by atoms with Gasteiger partial charge in [0.25, 0.3) is 10.0 Å². The molecule has 0 bridgehead atoms. The Balaban J connectivity index is 1.68. The number of alkyl halides is 3. The summed E-state index contributed by atoms with van der Waals surface area (Å²) in [7, 11) is -3.94. The van der Waals surface area contributed by atoms with Gasteiger partial charge in [-0.05, 0) is 66.1 Å². The van der Waals surface area contributed by atoms with E-state index >= 15 is 0 Å². The van der Waals surface area contributed by atoms with Crippen molar-refractivity contribution in [3.8, 4) is 5.75 Å². The van der Waals surface area contributed by atoms with Crippen molar-refractivity contribution in [3.63, 3.8) is 0 Å². The minimum Gasteiger partial charge on any atom is -0.406 e. The SMILES string of the molecule is O=S(=O)(Nc1ccc(Cc2ccncc2)cc1)c1ccc(OC(F)(F)F)cc1. The summed E-state index contributed by atoms with van der Waals surface area (Å²) >= 11 is 0. The molecule has 1 N–H and O–H groups in total. The van der Waals surface area contributed by atoms with Crippen LogP contribution in [-0.2, 0) is 16.4 Å². The number of nitrogens with zero attached hydrogens (tertiary/aromatic N) is 1. The highest BCUT2D eigenvalue weighted by Gasteiger charge is 2.31. The summed E-state index contributed by atoms with van der Waals surface area (Å²) < 4.78 is 67.4. The molecule has 9 heteroatoms. The Bertz CT molecular complexity index is 1020. The van der Waals surface area contributed by atoms with Crippen molar-refractivity contribution in [2.24, 2.45) is 0 Å². The topological polar surface area (TPSA) is 68.3 Å². The molecule has 0 saturated carbocycles. The number of hydrogen-bond acceptors (Lipinski definition) is 4. The molecule has 0 aliphatic rings. The first-order valence-electron chi connectivity index (χ1n) is 8.08. The number of sulfonamides is 1. The lowest BCUT2D eigenvalue weighted by Gasteiger charge is -2.11. The summed E-state index contributed by atoms with van der Waals surface area (Å²) in [6.45, 7) is 0. The molecule has 146 valence electrons. The van der Waals surface area contributed by atoms with Crippen molar-refractivity contribution < 1.29 is 26.3 Å². The van der Waals surface area contributed by atoms with E-state index in [1.807, 2.05) is 12.1 Å². The number of halogens is 3. The zero-order valence-corrected chi connectivity index (χ0v) is 15.2. The Labute approximate surface area is 159 Å². The monoisotopic (exact) mass is 408 g/mol. The third kappa shape index (κ3) is 5.46. The molecule has 0 fully saturated rings. The van der Waals surface area contributed by atoms with Crippen LogP contribution in [0.15, 0.2) is 78.0 Å². The maximum atomic E-state index is 12.4. The maximum Gasteiger partial charge on any atom is 0.573 e. The fourth-order valence-electron chi connectivity index (χ4n) is 2.46. The van der Waals surface area contributed by atoms with Crippen molar-refractivity contribution in [1.82, 2.24) is 4.98 Å². The molecular formula is C19H15F3N2O3S. The Hall–Kier alpha value is -3.07. The van der Waals surface area contributed by atoms with Gasteiger partial charge in [-0.15, -0.1) is 13.2 Å². The zero-order chi connectivity index (χ0) is 20.2. The molecular weight excluding hydrogens is 393 g/mol. The average Bonchev–Trinajstić information content (AvgIpc) is 2.63. The second-order valence-electron chi connectivity index (χ2n) is 5.85. The van der Waals surface area contributed by atoms with E-state index in [1.54, 1.807) is 36.7 Å². The summed E-state index contributed by atoms with van der Waals surface area (Å²) in [5.74, 6) is -0.494. The smallest absolute Gasteiger partial charge is 0.406 e. The molecule has 1 aromatic heterocycles. The molecule has 3 rings (SSSR count). The van der Waals surface area contributed by atoms with E-state index in [4.69, 9.17) is 0 Å². The number of benzene rings is 2. The van der Waals surface area contributed by atoms with Gasteiger partial charge in [0.2, 0.25) is 0 Å². The number of hydrogen-bond donors (Lipinski definition) is 1. The Morgan fingerprint density at radius 2 is 1.43 bits per heavy atom. The van der Waals surface area contributed by atoms with Gasteiger partial charge >= 0.3 is 6.36 Å². The van der Waals surface area contributed by atoms with Crippen molar-refractivity contribution >= 4 is 15.7 Å². The molecule has 0 radical (unpaired) electrons. The van der Waals surface area contributed by atoms with Crippen LogP contribution >= 0.6 is 0 Å². The molecule has 0 atom stereocenters. The fraction of sp³-hybridized carbons (Fsp3) is 0.105. The van der Waals surface area contributed by atoms with Crippen LogP contribution < -0.4 is 9.46 Å². The highest BCUT2D eigenvalue weighted by atomic mass is 32.2. The molecule has 2 aromatic carbocycles. The van der Waals surface area contributed by atoms with Gasteiger partial charge < -0.3 is 4.74 Å². The number of pyridine rings is 1. The first-order chi connectivity index (χ1) is 13.2. The van der Waals surface area contributed by atoms with Gasteiger partial charge in [-0.2, -0.15) is 0 Å². The molecule has 5 nitrogen and oxygen atoms in total. The van der Waals surface area contributed by atoms with Crippen LogP contribution in [0.2, 0.25) is 0 Å². The van der Waals surface area contributed by atoms with E-state index in [1.165, 1.54) is 0 Å². The molecule has 0 saturated heterocycles. The standard InChI is InChI=1S/C19H15F3N2O3S/c20-19(21,22)27-17-5-7-18(8-6-17)28(25,26)24-16-3-1-14(2-4-16)13-15-9-11-23-12-10-15/h1-12,24H,13H2. The Morgan fingerprint density at radius 1 is 0.857 bits per heavy atom. The predicted molar refractivity (Wildman–Crippen MR) is 97.4 cm³/mol. The van der Waals surface area contributed by atoms with Gasteiger partial charge in [0.05, 0.1) is 4.90 Å². The summed E-state index contributed by atoms with van der Waals surface area (Å²) in [5, 5.41) is 0. The first kappa shape index (κ1) is 19.7. The number of ether oxygens (including phenoxy) is 1. The number of nitrogens with one attached hydrogen (secondary N) is 1. The van der Waals surface area contributed by atoms with Crippen LogP contribution in [0.1, 0.15) is 11.1 Å². The summed E-state index contributed by atoms with van der Waals surface area (Å²) in [4.78, 5) is 3.77. The highest BCUT2D eigenvalue weighted by Crippen LogP contribution is 2.25. The van der Waals surface area contributed by atoms with Crippen LogP contribution in [-0.4, -0.2) is 19.8 Å². The first-order valence-corrected chi connectivity index (χ1v) is 9.56. The van der Waals surface area contributed by atoms with Crippen molar-refractivity contribution in [3.05, 3.63) is 84.2 Å². The third-order valence-corrected chi connectivity index (χ3v) is 5.13.